The van der Waals surface area contributed by atoms with Crippen LogP contribution >= 0.6 is 15.9 Å². The fraction of sp³-hybridized carbons (Fsp3) is 0.278. The predicted octanol–water partition coefficient (Wildman–Crippen LogP) is 4.27. The van der Waals surface area contributed by atoms with Crippen molar-refractivity contribution in [1.82, 2.24) is 4.90 Å². The number of likely N-dealkylation sites (N-methyl/N-ethyl adjacent to an activating group) is 1. The van der Waals surface area contributed by atoms with Crippen LogP contribution in [0.25, 0.3) is 0 Å². The van der Waals surface area contributed by atoms with Gasteiger partial charge in [-0.1, -0.05) is 52.3 Å². The molecular weight excluding hydrogens is 326 g/mol. The van der Waals surface area contributed by atoms with E-state index in [1.54, 1.807) is 4.90 Å². The zero-order valence-electron chi connectivity index (χ0n) is 12.7. The van der Waals surface area contributed by atoms with Crippen molar-refractivity contribution in [3.8, 4) is 0 Å². The van der Waals surface area contributed by atoms with Gasteiger partial charge in [-0.05, 0) is 42.2 Å². The van der Waals surface area contributed by atoms with Crippen LogP contribution in [0.2, 0.25) is 0 Å². The van der Waals surface area contributed by atoms with Crippen LogP contribution in [0, 0.1) is 13.8 Å². The van der Waals surface area contributed by atoms with Gasteiger partial charge in [-0.2, -0.15) is 0 Å². The van der Waals surface area contributed by atoms with Crippen molar-refractivity contribution < 1.29 is 4.79 Å². The molecule has 0 bridgehead atoms. The number of nitrogens with zero attached hydrogens (tertiary/aromatic N) is 1. The highest BCUT2D eigenvalue weighted by Gasteiger charge is 2.12. The third kappa shape index (κ3) is 4.18. The predicted molar refractivity (Wildman–Crippen MR) is 90.2 cm³/mol. The molecule has 0 heterocycles. The molecule has 110 valence electrons. The van der Waals surface area contributed by atoms with Gasteiger partial charge < -0.3 is 4.90 Å². The van der Waals surface area contributed by atoms with Gasteiger partial charge in [0.25, 0.3) is 0 Å². The van der Waals surface area contributed by atoms with E-state index in [9.17, 15) is 4.79 Å². The molecule has 0 atom stereocenters. The van der Waals surface area contributed by atoms with Gasteiger partial charge in [-0.25, -0.2) is 0 Å². The van der Waals surface area contributed by atoms with E-state index in [1.165, 1.54) is 11.1 Å². The zero-order valence-corrected chi connectivity index (χ0v) is 14.3. The lowest BCUT2D eigenvalue weighted by Crippen LogP contribution is -2.27. The molecule has 0 aromatic heterocycles. The third-order valence-corrected chi connectivity index (χ3v) is 4.49. The van der Waals surface area contributed by atoms with Crippen molar-refractivity contribution in [2.75, 3.05) is 7.05 Å². The van der Waals surface area contributed by atoms with Crippen LogP contribution in [-0.2, 0) is 17.8 Å². The van der Waals surface area contributed by atoms with Gasteiger partial charge in [-0.15, -0.1) is 0 Å². The Kier molecular flexibility index (Phi) is 5.18. The van der Waals surface area contributed by atoms with Gasteiger partial charge in [-0.3, -0.25) is 4.79 Å². The summed E-state index contributed by atoms with van der Waals surface area (Å²) in [4.78, 5) is 14.1. The first-order valence-corrected chi connectivity index (χ1v) is 7.80. The second-order valence-corrected chi connectivity index (χ2v) is 6.29. The number of halogens is 1. The van der Waals surface area contributed by atoms with Crippen molar-refractivity contribution in [1.29, 1.82) is 0 Å². The molecule has 2 nitrogen and oxygen atoms in total. The number of carbonyl (C=O) groups is 1. The highest BCUT2D eigenvalue weighted by atomic mass is 79.9. The van der Waals surface area contributed by atoms with Crippen LogP contribution in [0.4, 0.5) is 0 Å². The maximum Gasteiger partial charge on any atom is 0.227 e. The number of benzene rings is 2. The number of hydrogen-bond donors (Lipinski definition) is 0. The number of aryl methyl sites for hydroxylation is 2. The quantitative estimate of drug-likeness (QED) is 0.810. The molecule has 2 aromatic rings. The molecule has 0 N–H and O–H groups in total. The second kappa shape index (κ2) is 6.90. The van der Waals surface area contributed by atoms with E-state index >= 15 is 0 Å². The molecule has 0 radical (unpaired) electrons. The minimum absolute atomic E-state index is 0.133. The van der Waals surface area contributed by atoms with Gasteiger partial charge in [0, 0.05) is 18.1 Å². The summed E-state index contributed by atoms with van der Waals surface area (Å²) < 4.78 is 1.04. The Hall–Kier alpha value is -1.61. The maximum absolute atomic E-state index is 12.3. The van der Waals surface area contributed by atoms with Crippen LogP contribution in [0.1, 0.15) is 22.3 Å². The van der Waals surface area contributed by atoms with E-state index in [0.717, 1.165) is 15.6 Å². The van der Waals surface area contributed by atoms with Crippen LogP contribution in [0.5, 0.6) is 0 Å². The molecule has 21 heavy (non-hydrogen) atoms. The van der Waals surface area contributed by atoms with E-state index < -0.39 is 0 Å². The van der Waals surface area contributed by atoms with Gasteiger partial charge in [0.2, 0.25) is 5.91 Å². The molecule has 0 spiro atoms. The second-order valence-electron chi connectivity index (χ2n) is 5.44. The standard InChI is InChI=1S/C18H20BrNO/c1-13-8-9-15(10-14(13)2)11-18(21)20(3)12-16-6-4-5-7-17(16)19/h4-10H,11-12H2,1-3H3. The molecule has 0 saturated heterocycles. The number of hydrogen-bond acceptors (Lipinski definition) is 1. The molecule has 2 aromatic carbocycles. The maximum atomic E-state index is 12.3. The third-order valence-electron chi connectivity index (χ3n) is 3.72. The molecule has 0 unspecified atom stereocenters. The molecule has 2 rings (SSSR count). The molecule has 0 saturated carbocycles. The van der Waals surface area contributed by atoms with Crippen molar-refractivity contribution in [3.05, 3.63) is 69.2 Å². The highest BCUT2D eigenvalue weighted by molar-refractivity contribution is 9.10. The highest BCUT2D eigenvalue weighted by Crippen LogP contribution is 2.18. The van der Waals surface area contributed by atoms with Gasteiger partial charge in [0.15, 0.2) is 0 Å². The van der Waals surface area contributed by atoms with Gasteiger partial charge in [0.05, 0.1) is 6.42 Å². The molecule has 0 fully saturated rings. The summed E-state index contributed by atoms with van der Waals surface area (Å²) in [6, 6.07) is 14.2. The Bertz CT molecular complexity index is 651. The molecule has 3 heteroatoms. The van der Waals surface area contributed by atoms with Crippen LogP contribution < -0.4 is 0 Å². The topological polar surface area (TPSA) is 20.3 Å². The minimum Gasteiger partial charge on any atom is -0.341 e. The fourth-order valence-electron chi connectivity index (χ4n) is 2.19. The van der Waals surface area contributed by atoms with E-state index in [1.807, 2.05) is 37.4 Å². The first-order valence-electron chi connectivity index (χ1n) is 7.01. The van der Waals surface area contributed by atoms with Crippen LogP contribution in [0.15, 0.2) is 46.9 Å². The van der Waals surface area contributed by atoms with E-state index in [-0.39, 0.29) is 5.91 Å². The Morgan fingerprint density at radius 1 is 1.10 bits per heavy atom. The summed E-state index contributed by atoms with van der Waals surface area (Å²) in [7, 11) is 1.85. The molecule has 0 aliphatic carbocycles. The summed E-state index contributed by atoms with van der Waals surface area (Å²) in [5.74, 6) is 0.133. The Morgan fingerprint density at radius 3 is 2.48 bits per heavy atom. The Morgan fingerprint density at radius 2 is 1.81 bits per heavy atom. The molecule has 0 aliphatic rings. The lowest BCUT2D eigenvalue weighted by atomic mass is 10.0. The molecular formula is C18H20BrNO. The summed E-state index contributed by atoms with van der Waals surface area (Å²) in [6.45, 7) is 4.78. The van der Waals surface area contributed by atoms with Crippen molar-refractivity contribution in [2.24, 2.45) is 0 Å². The Labute approximate surface area is 134 Å². The molecule has 0 aliphatic heterocycles. The van der Waals surface area contributed by atoms with Crippen molar-refractivity contribution >= 4 is 21.8 Å². The zero-order chi connectivity index (χ0) is 15.4. The number of amides is 1. The number of carbonyl (C=O) groups excluding carboxylic acids is 1. The van der Waals surface area contributed by atoms with Gasteiger partial charge in [0.1, 0.15) is 0 Å². The van der Waals surface area contributed by atoms with Gasteiger partial charge >= 0.3 is 0 Å². The first kappa shape index (κ1) is 15.8. The first-order chi connectivity index (χ1) is 9.97. The summed E-state index contributed by atoms with van der Waals surface area (Å²) in [5, 5.41) is 0. The SMILES string of the molecule is Cc1ccc(CC(=O)N(C)Cc2ccccc2Br)cc1C. The number of rotatable bonds is 4. The van der Waals surface area contributed by atoms with E-state index in [0.29, 0.717) is 13.0 Å². The Balaban J connectivity index is 2.02. The van der Waals surface area contributed by atoms with Crippen molar-refractivity contribution in [2.45, 2.75) is 26.8 Å². The van der Waals surface area contributed by atoms with Crippen LogP contribution in [-0.4, -0.2) is 17.9 Å². The average Bonchev–Trinajstić information content (AvgIpc) is 2.45. The monoisotopic (exact) mass is 345 g/mol. The average molecular weight is 346 g/mol. The van der Waals surface area contributed by atoms with E-state index in [2.05, 4.69) is 41.9 Å². The smallest absolute Gasteiger partial charge is 0.227 e. The lowest BCUT2D eigenvalue weighted by Gasteiger charge is -2.18. The van der Waals surface area contributed by atoms with E-state index in [4.69, 9.17) is 0 Å². The largest absolute Gasteiger partial charge is 0.341 e. The van der Waals surface area contributed by atoms with Crippen molar-refractivity contribution in [3.63, 3.8) is 0 Å². The summed E-state index contributed by atoms with van der Waals surface area (Å²) in [5.41, 5.74) is 4.68. The minimum atomic E-state index is 0.133. The summed E-state index contributed by atoms with van der Waals surface area (Å²) in [6.07, 6.45) is 0.447. The lowest BCUT2D eigenvalue weighted by molar-refractivity contribution is -0.129. The molecule has 1 amide bonds. The van der Waals surface area contributed by atoms with Crippen LogP contribution in [0.3, 0.4) is 0 Å². The fourth-order valence-corrected chi connectivity index (χ4v) is 2.60. The summed E-state index contributed by atoms with van der Waals surface area (Å²) >= 11 is 3.52. The normalized spacial score (nSPS) is 10.5.